The van der Waals surface area contributed by atoms with E-state index in [-0.39, 0.29) is 41.1 Å². The van der Waals surface area contributed by atoms with Gasteiger partial charge in [-0.2, -0.15) is 5.10 Å². The van der Waals surface area contributed by atoms with Crippen molar-refractivity contribution in [3.05, 3.63) is 57.1 Å². The monoisotopic (exact) mass is 376 g/mol. The number of rotatable bonds is 6. The van der Waals surface area contributed by atoms with Crippen molar-refractivity contribution in [3.63, 3.8) is 0 Å². The fourth-order valence-corrected chi connectivity index (χ4v) is 3.04. The van der Waals surface area contributed by atoms with E-state index in [1.807, 2.05) is 0 Å². The van der Waals surface area contributed by atoms with Crippen molar-refractivity contribution >= 4 is 11.6 Å². The van der Waals surface area contributed by atoms with Crippen LogP contribution in [0.1, 0.15) is 50.2 Å². The first kappa shape index (κ1) is 20.5. The van der Waals surface area contributed by atoms with E-state index in [4.69, 9.17) is 0 Å². The fraction of sp³-hybridized carbons (Fsp3) is 0.474. The minimum atomic E-state index is -0.493. The number of nitrogens with zero attached hydrogens (tertiary/aromatic N) is 3. The summed E-state index contributed by atoms with van der Waals surface area (Å²) in [4.78, 5) is 23.2. The van der Waals surface area contributed by atoms with Gasteiger partial charge in [-0.1, -0.05) is 32.9 Å². The number of nitrogens with one attached hydrogen (secondary N) is 1. The van der Waals surface area contributed by atoms with Gasteiger partial charge in [-0.3, -0.25) is 19.6 Å². The number of carbonyl (C=O) groups is 1. The summed E-state index contributed by atoms with van der Waals surface area (Å²) >= 11 is 0. The standard InChI is InChI=1S/C19H25FN4O3/c1-12-18(24(26)27)13(2)23(22-12)11-17(25)21-16(10-19(3,4)5)14-6-8-15(20)9-7-14/h6-9,16H,10-11H2,1-5H3,(H,21,25). The zero-order valence-electron chi connectivity index (χ0n) is 16.2. The average molecular weight is 376 g/mol. The molecule has 0 saturated carbocycles. The predicted octanol–water partition coefficient (Wildman–Crippen LogP) is 3.84. The summed E-state index contributed by atoms with van der Waals surface area (Å²) in [6.45, 7) is 9.15. The zero-order valence-corrected chi connectivity index (χ0v) is 16.2. The molecular weight excluding hydrogens is 351 g/mol. The molecule has 146 valence electrons. The van der Waals surface area contributed by atoms with Gasteiger partial charge in [-0.05, 0) is 43.4 Å². The van der Waals surface area contributed by atoms with E-state index < -0.39 is 4.92 Å². The van der Waals surface area contributed by atoms with E-state index in [2.05, 4.69) is 31.2 Å². The molecule has 1 unspecified atom stereocenters. The van der Waals surface area contributed by atoms with Crippen LogP contribution in [0, 0.1) is 35.2 Å². The number of aromatic nitrogens is 2. The molecule has 8 heteroatoms. The molecule has 1 aromatic heterocycles. The maximum absolute atomic E-state index is 13.2. The predicted molar refractivity (Wildman–Crippen MR) is 99.7 cm³/mol. The second kappa shape index (κ2) is 7.85. The maximum atomic E-state index is 13.2. The number of halogens is 1. The first-order chi connectivity index (χ1) is 12.5. The summed E-state index contributed by atoms with van der Waals surface area (Å²) in [5.41, 5.74) is 1.27. The summed E-state index contributed by atoms with van der Waals surface area (Å²) in [5, 5.41) is 18.2. The van der Waals surface area contributed by atoms with Crippen molar-refractivity contribution in [2.45, 2.75) is 53.6 Å². The largest absolute Gasteiger partial charge is 0.348 e. The number of aryl methyl sites for hydroxylation is 1. The van der Waals surface area contributed by atoms with Crippen LogP contribution in [-0.2, 0) is 11.3 Å². The molecule has 2 rings (SSSR count). The maximum Gasteiger partial charge on any atom is 0.312 e. The topological polar surface area (TPSA) is 90.1 Å². The van der Waals surface area contributed by atoms with Crippen LogP contribution >= 0.6 is 0 Å². The number of benzene rings is 1. The van der Waals surface area contributed by atoms with E-state index in [1.54, 1.807) is 26.0 Å². The average Bonchev–Trinajstić information content (AvgIpc) is 2.79. The van der Waals surface area contributed by atoms with Gasteiger partial charge in [0.25, 0.3) is 0 Å². The van der Waals surface area contributed by atoms with Crippen LogP contribution in [0.4, 0.5) is 10.1 Å². The van der Waals surface area contributed by atoms with Gasteiger partial charge in [-0.15, -0.1) is 0 Å². The Balaban J connectivity index is 2.20. The van der Waals surface area contributed by atoms with Crippen molar-refractivity contribution in [2.75, 3.05) is 0 Å². The molecule has 1 N–H and O–H groups in total. The van der Waals surface area contributed by atoms with Gasteiger partial charge in [0.15, 0.2) is 0 Å². The van der Waals surface area contributed by atoms with Crippen LogP contribution in [0.15, 0.2) is 24.3 Å². The second-order valence-corrected chi connectivity index (χ2v) is 7.87. The normalized spacial score (nSPS) is 12.7. The molecule has 27 heavy (non-hydrogen) atoms. The lowest BCUT2D eigenvalue weighted by molar-refractivity contribution is -0.386. The van der Waals surface area contributed by atoms with E-state index >= 15 is 0 Å². The third-order valence-corrected chi connectivity index (χ3v) is 4.24. The van der Waals surface area contributed by atoms with Crippen molar-refractivity contribution in [1.82, 2.24) is 15.1 Å². The Morgan fingerprint density at radius 2 is 1.89 bits per heavy atom. The Bertz CT molecular complexity index is 838. The Hall–Kier alpha value is -2.77. The number of amides is 1. The van der Waals surface area contributed by atoms with Gasteiger partial charge >= 0.3 is 5.69 Å². The molecule has 0 aliphatic rings. The summed E-state index contributed by atoms with van der Waals surface area (Å²) in [5.74, 6) is -0.649. The summed E-state index contributed by atoms with van der Waals surface area (Å²) in [6.07, 6.45) is 0.654. The van der Waals surface area contributed by atoms with E-state index in [1.165, 1.54) is 16.8 Å². The van der Waals surface area contributed by atoms with Crippen LogP contribution in [0.2, 0.25) is 0 Å². The van der Waals surface area contributed by atoms with Crippen LogP contribution in [0.5, 0.6) is 0 Å². The number of carbonyl (C=O) groups excluding carboxylic acids is 1. The fourth-order valence-electron chi connectivity index (χ4n) is 3.04. The van der Waals surface area contributed by atoms with Crippen LogP contribution in [0.3, 0.4) is 0 Å². The molecular formula is C19H25FN4O3. The van der Waals surface area contributed by atoms with E-state index in [9.17, 15) is 19.3 Å². The molecule has 0 fully saturated rings. The van der Waals surface area contributed by atoms with Gasteiger partial charge < -0.3 is 5.32 Å². The van der Waals surface area contributed by atoms with Crippen molar-refractivity contribution in [2.24, 2.45) is 5.41 Å². The minimum absolute atomic E-state index is 0.0661. The third-order valence-electron chi connectivity index (χ3n) is 4.24. The minimum Gasteiger partial charge on any atom is -0.348 e. The van der Waals surface area contributed by atoms with Crippen LogP contribution < -0.4 is 5.32 Å². The molecule has 0 aliphatic carbocycles. The molecule has 0 bridgehead atoms. The summed E-state index contributed by atoms with van der Waals surface area (Å²) < 4.78 is 14.6. The molecule has 0 aliphatic heterocycles. The van der Waals surface area contributed by atoms with Crippen LogP contribution in [0.25, 0.3) is 0 Å². The lowest BCUT2D eigenvalue weighted by Gasteiger charge is -2.27. The Morgan fingerprint density at radius 3 is 2.37 bits per heavy atom. The van der Waals surface area contributed by atoms with Gasteiger partial charge in [0, 0.05) is 0 Å². The quantitative estimate of drug-likeness (QED) is 0.613. The molecule has 1 amide bonds. The highest BCUT2D eigenvalue weighted by Gasteiger charge is 2.25. The van der Waals surface area contributed by atoms with Gasteiger partial charge in [0.05, 0.1) is 11.0 Å². The number of nitro groups is 1. The van der Waals surface area contributed by atoms with Crippen LogP contribution in [-0.4, -0.2) is 20.6 Å². The van der Waals surface area contributed by atoms with Gasteiger partial charge in [0.2, 0.25) is 5.91 Å². The van der Waals surface area contributed by atoms with E-state index in [0.29, 0.717) is 12.1 Å². The highest BCUT2D eigenvalue weighted by atomic mass is 19.1. The molecule has 0 spiro atoms. The Morgan fingerprint density at radius 1 is 1.30 bits per heavy atom. The highest BCUT2D eigenvalue weighted by molar-refractivity contribution is 5.76. The zero-order chi connectivity index (χ0) is 20.4. The second-order valence-electron chi connectivity index (χ2n) is 7.87. The van der Waals surface area contributed by atoms with Crippen molar-refractivity contribution in [1.29, 1.82) is 0 Å². The molecule has 7 nitrogen and oxygen atoms in total. The lowest BCUT2D eigenvalue weighted by Crippen LogP contribution is -2.34. The smallest absolute Gasteiger partial charge is 0.312 e. The third kappa shape index (κ3) is 5.35. The van der Waals surface area contributed by atoms with E-state index in [0.717, 1.165) is 5.56 Å². The molecule has 1 heterocycles. The van der Waals surface area contributed by atoms with Crippen molar-refractivity contribution in [3.8, 4) is 0 Å². The Labute approximate surface area is 157 Å². The molecule has 0 saturated heterocycles. The lowest BCUT2D eigenvalue weighted by atomic mass is 9.85. The number of hydrogen-bond acceptors (Lipinski definition) is 4. The summed E-state index contributed by atoms with van der Waals surface area (Å²) in [6, 6.07) is 5.73. The number of hydrogen-bond donors (Lipinski definition) is 1. The molecule has 1 aromatic carbocycles. The molecule has 1 atom stereocenters. The van der Waals surface area contributed by atoms with Gasteiger partial charge in [0.1, 0.15) is 23.7 Å². The highest BCUT2D eigenvalue weighted by Crippen LogP contribution is 2.29. The SMILES string of the molecule is Cc1nn(CC(=O)NC(CC(C)(C)C)c2ccc(F)cc2)c(C)c1[N+](=O)[O-]. The van der Waals surface area contributed by atoms with Crippen molar-refractivity contribution < 1.29 is 14.1 Å². The molecule has 0 radical (unpaired) electrons. The molecule has 2 aromatic rings. The first-order valence-corrected chi connectivity index (χ1v) is 8.71. The summed E-state index contributed by atoms with van der Waals surface area (Å²) in [7, 11) is 0. The van der Waals surface area contributed by atoms with Gasteiger partial charge in [-0.25, -0.2) is 4.39 Å². The Kier molecular flexibility index (Phi) is 5.98. The first-order valence-electron chi connectivity index (χ1n) is 8.71.